The van der Waals surface area contributed by atoms with Crippen LogP contribution in [0.5, 0.6) is 0 Å². The van der Waals surface area contributed by atoms with Gasteiger partial charge in [0.15, 0.2) is 0 Å². The first kappa shape index (κ1) is 6.63. The molecule has 1 rings (SSSR count). The second kappa shape index (κ2) is 3.81. The van der Waals surface area contributed by atoms with Crippen LogP contribution < -0.4 is 29.6 Å². The third-order valence-corrected chi connectivity index (χ3v) is 0.869. The van der Waals surface area contributed by atoms with Gasteiger partial charge in [0.2, 0.25) is 0 Å². The van der Waals surface area contributed by atoms with Crippen molar-refractivity contribution in [2.75, 3.05) is 0 Å². The molecule has 0 aliphatic carbocycles. The van der Waals surface area contributed by atoms with E-state index in [1.165, 1.54) is 0 Å². The van der Waals surface area contributed by atoms with Crippen LogP contribution in [0.4, 0.5) is 0 Å². The topological polar surface area (TPSA) is 12.9 Å². The van der Waals surface area contributed by atoms with E-state index in [0.29, 0.717) is 0 Å². The fraction of sp³-hybridized carbons (Fsp3) is 0. The molecule has 0 saturated carbocycles. The van der Waals surface area contributed by atoms with Crippen molar-refractivity contribution in [1.82, 2.24) is 4.98 Å². The van der Waals surface area contributed by atoms with Crippen molar-refractivity contribution in [3.05, 3.63) is 17.1 Å². The van der Waals surface area contributed by atoms with Gasteiger partial charge in [-0.05, 0) is 0 Å². The Morgan fingerprint density at radius 1 is 1.67 bits per heavy atom. The zero-order valence-corrected chi connectivity index (χ0v) is 6.40. The van der Waals surface area contributed by atoms with Gasteiger partial charge in [-0.15, -0.1) is 11.3 Å². The first-order chi connectivity index (χ1) is 2.50. The molecule has 1 heterocycles. The Bertz CT molecular complexity index is 71.4. The van der Waals surface area contributed by atoms with Gasteiger partial charge in [-0.1, -0.05) is 0 Å². The van der Waals surface area contributed by atoms with E-state index in [4.69, 9.17) is 0 Å². The average molecular weight is 109 g/mol. The Kier molecular flexibility index (Phi) is 4.21. The minimum atomic E-state index is 0. The number of aromatic nitrogens is 1. The van der Waals surface area contributed by atoms with E-state index in [0.717, 1.165) is 0 Å². The summed E-state index contributed by atoms with van der Waals surface area (Å²) < 4.78 is 0. The minimum absolute atomic E-state index is 0. The molecule has 0 bridgehead atoms. The molecule has 0 aliphatic rings. The average Bonchev–Trinajstić information content (AvgIpc) is 1.76. The molecule has 1 aromatic heterocycles. The summed E-state index contributed by atoms with van der Waals surface area (Å²) in [5.74, 6) is 0. The largest absolute Gasteiger partial charge is 1.00 e. The standard InChI is InChI=1S/C3H3NS.Na.H/c1-2-5-3-4-1;;/h1-3H;;/q;+1;-1. The summed E-state index contributed by atoms with van der Waals surface area (Å²) in [5, 5.41) is 1.93. The number of hydrogen-bond acceptors (Lipinski definition) is 2. The van der Waals surface area contributed by atoms with Gasteiger partial charge in [0.05, 0.1) is 5.51 Å². The number of thiazole rings is 1. The molecule has 3 heteroatoms. The van der Waals surface area contributed by atoms with Gasteiger partial charge in [-0.25, -0.2) is 0 Å². The van der Waals surface area contributed by atoms with Gasteiger partial charge in [0.1, 0.15) is 0 Å². The van der Waals surface area contributed by atoms with Gasteiger partial charge in [-0.2, -0.15) is 0 Å². The Morgan fingerprint density at radius 3 is 2.67 bits per heavy atom. The summed E-state index contributed by atoms with van der Waals surface area (Å²) in [6.45, 7) is 0. The molecule has 0 amide bonds. The molecule has 0 saturated heterocycles. The fourth-order valence-corrected chi connectivity index (χ4v) is 0.527. The third-order valence-electron chi connectivity index (χ3n) is 0.347. The summed E-state index contributed by atoms with van der Waals surface area (Å²) >= 11 is 1.60. The smallest absolute Gasteiger partial charge is 1.00 e. The maximum Gasteiger partial charge on any atom is 1.00 e. The molecule has 28 valence electrons. The maximum atomic E-state index is 3.74. The van der Waals surface area contributed by atoms with E-state index in [1.54, 1.807) is 23.0 Å². The van der Waals surface area contributed by atoms with E-state index in [9.17, 15) is 0 Å². The van der Waals surface area contributed by atoms with Crippen LogP contribution in [0.25, 0.3) is 0 Å². The molecular formula is C3H4NNaS. The van der Waals surface area contributed by atoms with Crippen LogP contribution in [0.1, 0.15) is 1.43 Å². The van der Waals surface area contributed by atoms with Crippen LogP contribution in [0, 0.1) is 0 Å². The molecular weight excluding hydrogens is 105 g/mol. The van der Waals surface area contributed by atoms with Crippen molar-refractivity contribution >= 4 is 11.3 Å². The van der Waals surface area contributed by atoms with Crippen LogP contribution in [0.2, 0.25) is 0 Å². The van der Waals surface area contributed by atoms with E-state index in [2.05, 4.69) is 4.98 Å². The van der Waals surface area contributed by atoms with Gasteiger partial charge < -0.3 is 1.43 Å². The van der Waals surface area contributed by atoms with Crippen molar-refractivity contribution in [1.29, 1.82) is 0 Å². The predicted octanol–water partition coefficient (Wildman–Crippen LogP) is -1.74. The van der Waals surface area contributed by atoms with Crippen molar-refractivity contribution in [2.45, 2.75) is 0 Å². The molecule has 0 atom stereocenters. The molecule has 1 aromatic rings. The van der Waals surface area contributed by atoms with E-state index in [-0.39, 0.29) is 31.0 Å². The second-order valence-electron chi connectivity index (χ2n) is 0.676. The summed E-state index contributed by atoms with van der Waals surface area (Å²) in [4.78, 5) is 3.74. The number of hydrogen-bond donors (Lipinski definition) is 0. The van der Waals surface area contributed by atoms with Crippen molar-refractivity contribution in [3.8, 4) is 0 Å². The van der Waals surface area contributed by atoms with Crippen LogP contribution in [0.3, 0.4) is 0 Å². The molecule has 0 spiro atoms. The summed E-state index contributed by atoms with van der Waals surface area (Å²) in [6, 6.07) is 0. The van der Waals surface area contributed by atoms with Crippen LogP contribution in [-0.4, -0.2) is 4.98 Å². The SMILES string of the molecule is [H-].[Na+].c1cscn1. The molecule has 1 nitrogen and oxygen atoms in total. The van der Waals surface area contributed by atoms with Crippen molar-refractivity contribution < 1.29 is 31.0 Å². The van der Waals surface area contributed by atoms with E-state index < -0.39 is 0 Å². The monoisotopic (exact) mass is 109 g/mol. The maximum absolute atomic E-state index is 3.74. The van der Waals surface area contributed by atoms with Gasteiger partial charge in [-0.3, -0.25) is 4.98 Å². The first-order valence-corrected chi connectivity index (χ1v) is 2.26. The Balaban J connectivity index is 0. The molecule has 0 fully saturated rings. The molecule has 0 N–H and O–H groups in total. The molecule has 0 radical (unpaired) electrons. The van der Waals surface area contributed by atoms with Gasteiger partial charge in [0, 0.05) is 11.6 Å². The van der Waals surface area contributed by atoms with Crippen LogP contribution in [0.15, 0.2) is 17.1 Å². The van der Waals surface area contributed by atoms with Crippen molar-refractivity contribution in [3.63, 3.8) is 0 Å². The Morgan fingerprint density at radius 2 is 2.50 bits per heavy atom. The first-order valence-electron chi connectivity index (χ1n) is 1.32. The molecule has 0 unspecified atom stereocenters. The quantitative estimate of drug-likeness (QED) is 0.360. The zero-order chi connectivity index (χ0) is 3.54. The molecule has 0 aliphatic heterocycles. The van der Waals surface area contributed by atoms with Crippen molar-refractivity contribution in [2.24, 2.45) is 0 Å². The summed E-state index contributed by atoms with van der Waals surface area (Å²) in [7, 11) is 0. The van der Waals surface area contributed by atoms with Crippen LogP contribution >= 0.6 is 11.3 Å². The molecule has 6 heavy (non-hydrogen) atoms. The molecule has 0 aromatic carbocycles. The van der Waals surface area contributed by atoms with E-state index in [1.807, 2.05) is 5.38 Å². The minimum Gasteiger partial charge on any atom is -1.00 e. The normalized spacial score (nSPS) is 6.67. The van der Waals surface area contributed by atoms with E-state index >= 15 is 0 Å². The van der Waals surface area contributed by atoms with Gasteiger partial charge in [0.25, 0.3) is 0 Å². The summed E-state index contributed by atoms with van der Waals surface area (Å²) in [5.41, 5.74) is 1.79. The van der Waals surface area contributed by atoms with Gasteiger partial charge >= 0.3 is 29.6 Å². The number of nitrogens with zero attached hydrogens (tertiary/aromatic N) is 1. The zero-order valence-electron chi connectivity index (χ0n) is 4.59. The Hall–Kier alpha value is 0.630. The fourth-order valence-electron chi connectivity index (χ4n) is 0.176. The Labute approximate surface area is 64.2 Å². The summed E-state index contributed by atoms with van der Waals surface area (Å²) in [6.07, 6.45) is 1.77. The third kappa shape index (κ3) is 1.92. The van der Waals surface area contributed by atoms with Crippen LogP contribution in [-0.2, 0) is 0 Å². The number of rotatable bonds is 0. The predicted molar refractivity (Wildman–Crippen MR) is 23.2 cm³/mol. The second-order valence-corrected chi connectivity index (χ2v) is 1.43.